The van der Waals surface area contributed by atoms with Crippen LogP contribution in [0.15, 0.2) is 70.3 Å². The number of benzene rings is 2. The topological polar surface area (TPSA) is 73.1 Å². The number of hydrogen-bond donors (Lipinski definition) is 1. The highest BCUT2D eigenvalue weighted by molar-refractivity contribution is 7.16. The van der Waals surface area contributed by atoms with Crippen molar-refractivity contribution >= 4 is 28.5 Å². The summed E-state index contributed by atoms with van der Waals surface area (Å²) in [7, 11) is 1.63. The van der Waals surface area contributed by atoms with Crippen molar-refractivity contribution in [2.45, 2.75) is 60.1 Å². The predicted octanol–water partition coefficient (Wildman–Crippen LogP) is 8.07. The van der Waals surface area contributed by atoms with Crippen molar-refractivity contribution in [1.82, 2.24) is 5.32 Å². The van der Waals surface area contributed by atoms with Gasteiger partial charge in [-0.05, 0) is 84.5 Å². The van der Waals surface area contributed by atoms with Crippen molar-refractivity contribution in [2.75, 3.05) is 7.11 Å². The Balaban J connectivity index is 1.38. The second-order valence-electron chi connectivity index (χ2n) is 11.7. The molecule has 5 rings (SSSR count). The smallest absolute Gasteiger partial charge is 0.255 e. The molecule has 2 aromatic heterocycles. The van der Waals surface area contributed by atoms with Crippen molar-refractivity contribution < 1.29 is 18.7 Å². The van der Waals surface area contributed by atoms with E-state index in [1.807, 2.05) is 30.3 Å². The molecule has 1 N–H and O–H groups in total. The summed E-state index contributed by atoms with van der Waals surface area (Å²) in [4.78, 5) is 19.6. The van der Waals surface area contributed by atoms with Gasteiger partial charge in [-0.3, -0.25) is 4.79 Å². The van der Waals surface area contributed by atoms with E-state index < -0.39 is 0 Å². The van der Waals surface area contributed by atoms with Crippen LogP contribution in [0.5, 0.6) is 11.5 Å². The number of hydrogen-bond acceptors (Lipinski definition) is 6. The maximum absolute atomic E-state index is 13.5. The molecular weight excluding hydrogens is 532 g/mol. The Kier molecular flexibility index (Phi) is 8.64. The standard InChI is InChI=1S/C34H38N2O4S/c1-22-8-10-23(11-9-22)21-40-28-15-12-24(17-29(28)38-5)19-36-33-31(32(37)35-20-26-7-6-16-39-26)27-14-13-25(34(2,3)4)18-30(27)41-33/h6-12,15-17,19,25H,13-14,18,20-21H2,1-5H3,(H,35,37)/t25-/m1/s1. The molecule has 0 saturated carbocycles. The van der Waals surface area contributed by atoms with Crippen LogP contribution in [0.2, 0.25) is 0 Å². The van der Waals surface area contributed by atoms with E-state index in [0.717, 1.165) is 46.7 Å². The van der Waals surface area contributed by atoms with Crippen LogP contribution < -0.4 is 14.8 Å². The summed E-state index contributed by atoms with van der Waals surface area (Å²) >= 11 is 1.63. The molecule has 1 aliphatic rings. The van der Waals surface area contributed by atoms with Gasteiger partial charge in [0.25, 0.3) is 5.91 Å². The lowest BCUT2D eigenvalue weighted by Crippen LogP contribution is -2.28. The van der Waals surface area contributed by atoms with Gasteiger partial charge in [0.15, 0.2) is 11.5 Å². The number of ether oxygens (including phenoxy) is 2. The first-order chi connectivity index (χ1) is 19.7. The van der Waals surface area contributed by atoms with E-state index in [-0.39, 0.29) is 11.3 Å². The molecule has 0 aliphatic heterocycles. The number of carbonyl (C=O) groups is 1. The highest BCUT2D eigenvalue weighted by atomic mass is 32.1. The molecule has 1 atom stereocenters. The first kappa shape index (κ1) is 28.7. The number of furan rings is 1. The fourth-order valence-corrected chi connectivity index (χ4v) is 6.44. The molecule has 214 valence electrons. The van der Waals surface area contributed by atoms with Crippen LogP contribution in [0.1, 0.15) is 70.4 Å². The summed E-state index contributed by atoms with van der Waals surface area (Å²) in [6.45, 7) is 9.76. The monoisotopic (exact) mass is 570 g/mol. The molecular formula is C34H38N2O4S. The van der Waals surface area contributed by atoms with Gasteiger partial charge in [0.2, 0.25) is 0 Å². The second kappa shape index (κ2) is 12.4. The van der Waals surface area contributed by atoms with E-state index in [4.69, 9.17) is 18.9 Å². The SMILES string of the molecule is COc1cc(C=Nc2sc3c(c2C(=O)NCc2ccco2)CC[C@@H](C(C)(C)C)C3)ccc1OCc1ccc(C)cc1. The zero-order chi connectivity index (χ0) is 29.0. The minimum Gasteiger partial charge on any atom is -0.493 e. The average molecular weight is 571 g/mol. The predicted molar refractivity (Wildman–Crippen MR) is 165 cm³/mol. The lowest BCUT2D eigenvalue weighted by molar-refractivity contribution is 0.0947. The minimum atomic E-state index is -0.113. The van der Waals surface area contributed by atoms with Gasteiger partial charge in [-0.25, -0.2) is 4.99 Å². The summed E-state index contributed by atoms with van der Waals surface area (Å²) in [6, 6.07) is 17.7. The third-order valence-electron chi connectivity index (χ3n) is 7.74. The van der Waals surface area contributed by atoms with Crippen LogP contribution in [-0.4, -0.2) is 19.2 Å². The van der Waals surface area contributed by atoms with E-state index in [0.29, 0.717) is 36.1 Å². The van der Waals surface area contributed by atoms with Crippen LogP contribution in [-0.2, 0) is 26.0 Å². The van der Waals surface area contributed by atoms with Gasteiger partial charge < -0.3 is 19.2 Å². The van der Waals surface area contributed by atoms with Crippen molar-refractivity contribution in [1.29, 1.82) is 0 Å². The van der Waals surface area contributed by atoms with Gasteiger partial charge >= 0.3 is 0 Å². The molecule has 6 nitrogen and oxygen atoms in total. The van der Waals surface area contributed by atoms with E-state index in [9.17, 15) is 4.79 Å². The van der Waals surface area contributed by atoms with Gasteiger partial charge in [-0.15, -0.1) is 11.3 Å². The second-order valence-corrected chi connectivity index (χ2v) is 12.8. The number of carbonyl (C=O) groups excluding carboxylic acids is 1. The summed E-state index contributed by atoms with van der Waals surface area (Å²) in [5, 5.41) is 3.77. The fourth-order valence-electron chi connectivity index (χ4n) is 5.17. The minimum absolute atomic E-state index is 0.113. The molecule has 0 unspecified atom stereocenters. The maximum Gasteiger partial charge on any atom is 0.255 e. The van der Waals surface area contributed by atoms with Gasteiger partial charge in [0.1, 0.15) is 17.4 Å². The van der Waals surface area contributed by atoms with E-state index in [1.54, 1.807) is 30.9 Å². The summed E-state index contributed by atoms with van der Waals surface area (Å²) in [5.74, 6) is 2.48. The lowest BCUT2D eigenvalue weighted by Gasteiger charge is -2.33. The van der Waals surface area contributed by atoms with Gasteiger partial charge in [0, 0.05) is 11.1 Å². The number of fused-ring (bicyclic) bond motifs is 1. The van der Waals surface area contributed by atoms with Crippen molar-refractivity contribution in [3.63, 3.8) is 0 Å². The maximum atomic E-state index is 13.5. The Morgan fingerprint density at radius 2 is 1.95 bits per heavy atom. The fraction of sp³-hybridized carbons (Fsp3) is 0.353. The summed E-state index contributed by atoms with van der Waals surface area (Å²) in [5.41, 5.74) is 5.21. The number of nitrogens with one attached hydrogen (secondary N) is 1. The Bertz CT molecular complexity index is 1510. The van der Waals surface area contributed by atoms with Crippen molar-refractivity contribution in [3.05, 3.63) is 99.3 Å². The molecule has 7 heteroatoms. The molecule has 0 bridgehead atoms. The average Bonchev–Trinajstić information content (AvgIpc) is 3.61. The first-order valence-electron chi connectivity index (χ1n) is 14.1. The zero-order valence-corrected chi connectivity index (χ0v) is 25.3. The number of thiophene rings is 1. The van der Waals surface area contributed by atoms with E-state index in [1.165, 1.54) is 10.4 Å². The van der Waals surface area contributed by atoms with Gasteiger partial charge in [-0.1, -0.05) is 50.6 Å². The quantitative estimate of drug-likeness (QED) is 0.207. The Labute approximate surface area is 246 Å². The molecule has 0 spiro atoms. The number of nitrogens with zero attached hydrogens (tertiary/aromatic N) is 1. The Morgan fingerprint density at radius 1 is 1.15 bits per heavy atom. The number of rotatable bonds is 9. The van der Waals surface area contributed by atoms with Crippen LogP contribution in [0, 0.1) is 18.3 Å². The molecule has 1 aliphatic carbocycles. The number of aryl methyl sites for hydroxylation is 1. The third-order valence-corrected chi connectivity index (χ3v) is 8.90. The summed E-state index contributed by atoms with van der Waals surface area (Å²) in [6.07, 6.45) is 6.33. The van der Waals surface area contributed by atoms with Gasteiger partial charge in [0.05, 0.1) is 25.5 Å². The molecule has 4 aromatic rings. The Hall–Kier alpha value is -3.84. The van der Waals surface area contributed by atoms with Crippen LogP contribution >= 0.6 is 11.3 Å². The molecule has 0 fully saturated rings. The van der Waals surface area contributed by atoms with Crippen molar-refractivity contribution in [3.8, 4) is 11.5 Å². The molecule has 41 heavy (non-hydrogen) atoms. The van der Waals surface area contributed by atoms with Gasteiger partial charge in [-0.2, -0.15) is 0 Å². The highest BCUT2D eigenvalue weighted by Gasteiger charge is 2.33. The first-order valence-corrected chi connectivity index (χ1v) is 14.9. The Morgan fingerprint density at radius 3 is 2.66 bits per heavy atom. The summed E-state index contributed by atoms with van der Waals surface area (Å²) < 4.78 is 17.1. The molecule has 2 aromatic carbocycles. The lowest BCUT2D eigenvalue weighted by atomic mass is 9.72. The molecule has 2 heterocycles. The molecule has 0 radical (unpaired) electrons. The zero-order valence-electron chi connectivity index (χ0n) is 24.5. The molecule has 0 saturated heterocycles. The van der Waals surface area contributed by atoms with Crippen LogP contribution in [0.25, 0.3) is 0 Å². The van der Waals surface area contributed by atoms with Crippen molar-refractivity contribution in [2.24, 2.45) is 16.3 Å². The van der Waals surface area contributed by atoms with Crippen LogP contribution in [0.3, 0.4) is 0 Å². The highest BCUT2D eigenvalue weighted by Crippen LogP contribution is 2.45. The van der Waals surface area contributed by atoms with Crippen LogP contribution in [0.4, 0.5) is 5.00 Å². The van der Waals surface area contributed by atoms with E-state index >= 15 is 0 Å². The largest absolute Gasteiger partial charge is 0.493 e. The number of methoxy groups -OCH3 is 1. The molecule has 1 amide bonds. The third kappa shape index (κ3) is 6.91. The normalized spacial score (nSPS) is 15.1. The number of aliphatic imine (C=N–C) groups is 1. The van der Waals surface area contributed by atoms with E-state index in [2.05, 4.69) is 57.3 Å². The number of amides is 1.